The van der Waals surface area contributed by atoms with Crippen molar-refractivity contribution in [3.8, 4) is 0 Å². The summed E-state index contributed by atoms with van der Waals surface area (Å²) >= 11 is 0. The van der Waals surface area contributed by atoms with Gasteiger partial charge in [0, 0.05) is 13.1 Å². The van der Waals surface area contributed by atoms with Gasteiger partial charge in [0.15, 0.2) is 5.60 Å². The molecule has 2 atom stereocenters. The van der Waals surface area contributed by atoms with Crippen molar-refractivity contribution < 1.29 is 9.53 Å². The second kappa shape index (κ2) is 3.56. The highest BCUT2D eigenvalue weighted by atomic mass is 16.6. The lowest BCUT2D eigenvalue weighted by atomic mass is 9.94. The van der Waals surface area contributed by atoms with Crippen LogP contribution in [-0.2, 0) is 9.53 Å². The van der Waals surface area contributed by atoms with E-state index in [9.17, 15) is 4.79 Å². The van der Waals surface area contributed by atoms with Crippen LogP contribution in [-0.4, -0.2) is 35.7 Å². The molecule has 0 bridgehead atoms. The van der Waals surface area contributed by atoms with Gasteiger partial charge in [-0.1, -0.05) is 30.3 Å². The third-order valence-corrected chi connectivity index (χ3v) is 4.32. The van der Waals surface area contributed by atoms with E-state index in [1.807, 2.05) is 23.1 Å². The van der Waals surface area contributed by atoms with Crippen LogP contribution in [0.15, 0.2) is 30.3 Å². The summed E-state index contributed by atoms with van der Waals surface area (Å²) in [7, 11) is 0. The van der Waals surface area contributed by atoms with E-state index in [-0.39, 0.29) is 18.2 Å². The molecule has 4 rings (SSSR count). The summed E-state index contributed by atoms with van der Waals surface area (Å²) in [6, 6.07) is 10.5. The van der Waals surface area contributed by atoms with E-state index in [2.05, 4.69) is 17.4 Å². The summed E-state index contributed by atoms with van der Waals surface area (Å²) in [4.78, 5) is 14.5. The molecule has 1 aromatic carbocycles. The fourth-order valence-corrected chi connectivity index (χ4v) is 3.30. The topological polar surface area (TPSA) is 41.6 Å². The van der Waals surface area contributed by atoms with Crippen LogP contribution in [0.3, 0.4) is 0 Å². The van der Waals surface area contributed by atoms with Gasteiger partial charge >= 0.3 is 0 Å². The van der Waals surface area contributed by atoms with Gasteiger partial charge in [-0.05, 0) is 18.4 Å². The van der Waals surface area contributed by atoms with Crippen LogP contribution in [0, 0.1) is 0 Å². The van der Waals surface area contributed by atoms with Crippen LogP contribution in [0.2, 0.25) is 0 Å². The molecule has 1 spiro atoms. The van der Waals surface area contributed by atoms with Gasteiger partial charge in [0.25, 0.3) is 5.91 Å². The summed E-state index contributed by atoms with van der Waals surface area (Å²) in [6.07, 6.45) is 1.95. The predicted molar refractivity (Wildman–Crippen MR) is 65.7 cm³/mol. The van der Waals surface area contributed by atoms with Gasteiger partial charge in [0.1, 0.15) is 6.23 Å². The van der Waals surface area contributed by atoms with Gasteiger partial charge in [-0.3, -0.25) is 4.79 Å². The van der Waals surface area contributed by atoms with E-state index in [1.54, 1.807) is 0 Å². The highest BCUT2D eigenvalue weighted by molar-refractivity contribution is 5.89. The molecule has 3 aliphatic rings. The molecule has 1 N–H and O–H groups in total. The van der Waals surface area contributed by atoms with E-state index < -0.39 is 5.60 Å². The second-order valence-electron chi connectivity index (χ2n) is 5.39. The lowest BCUT2D eigenvalue weighted by molar-refractivity contribution is -0.143. The van der Waals surface area contributed by atoms with Crippen molar-refractivity contribution in [2.24, 2.45) is 0 Å². The maximum atomic E-state index is 12.5. The Morgan fingerprint density at radius 1 is 1.22 bits per heavy atom. The van der Waals surface area contributed by atoms with Gasteiger partial charge in [-0.2, -0.15) is 0 Å². The predicted octanol–water partition coefficient (Wildman–Crippen LogP) is 1.05. The molecule has 3 heterocycles. The number of hydrogen-bond acceptors (Lipinski definition) is 3. The third-order valence-electron chi connectivity index (χ3n) is 4.32. The minimum absolute atomic E-state index is 0.00944. The average Bonchev–Trinajstić information content (AvgIpc) is 2.88. The molecule has 4 nitrogen and oxygen atoms in total. The SMILES string of the molecule is O=C1N2[C@@H](CC[C@H]2c2ccccc2)OC12CNC2. The van der Waals surface area contributed by atoms with E-state index in [1.165, 1.54) is 5.56 Å². The number of nitrogens with zero attached hydrogens (tertiary/aromatic N) is 1. The Balaban J connectivity index is 1.67. The number of hydrogen-bond donors (Lipinski definition) is 1. The number of benzene rings is 1. The van der Waals surface area contributed by atoms with Crippen molar-refractivity contribution in [1.82, 2.24) is 10.2 Å². The fourth-order valence-electron chi connectivity index (χ4n) is 3.30. The van der Waals surface area contributed by atoms with Crippen molar-refractivity contribution in [2.45, 2.75) is 30.7 Å². The molecule has 4 heteroatoms. The maximum absolute atomic E-state index is 12.5. The Bertz CT molecular complexity index is 484. The molecular formula is C14H16N2O2. The second-order valence-corrected chi connectivity index (χ2v) is 5.39. The van der Waals surface area contributed by atoms with Crippen LogP contribution in [0.4, 0.5) is 0 Å². The van der Waals surface area contributed by atoms with Gasteiger partial charge in [0.05, 0.1) is 6.04 Å². The number of rotatable bonds is 1. The Labute approximate surface area is 106 Å². The molecule has 0 saturated carbocycles. The fraction of sp³-hybridized carbons (Fsp3) is 0.500. The summed E-state index contributed by atoms with van der Waals surface area (Å²) in [5.74, 6) is 0.178. The first-order chi connectivity index (χ1) is 8.80. The number of fused-ring (bicyclic) bond motifs is 1. The van der Waals surface area contributed by atoms with Crippen molar-refractivity contribution in [2.75, 3.05) is 13.1 Å². The van der Waals surface area contributed by atoms with E-state index in [0.717, 1.165) is 12.8 Å². The number of amides is 1. The molecule has 1 aromatic rings. The number of carbonyl (C=O) groups excluding carboxylic acids is 1. The third kappa shape index (κ3) is 1.25. The average molecular weight is 244 g/mol. The highest BCUT2D eigenvalue weighted by Gasteiger charge is 2.60. The van der Waals surface area contributed by atoms with Crippen LogP contribution in [0.1, 0.15) is 24.4 Å². The summed E-state index contributed by atoms with van der Waals surface area (Å²) in [6.45, 7) is 1.33. The van der Waals surface area contributed by atoms with E-state index >= 15 is 0 Å². The Hall–Kier alpha value is -1.39. The molecular weight excluding hydrogens is 228 g/mol. The van der Waals surface area contributed by atoms with Crippen LogP contribution >= 0.6 is 0 Å². The zero-order chi connectivity index (χ0) is 12.2. The highest BCUT2D eigenvalue weighted by Crippen LogP contribution is 2.45. The van der Waals surface area contributed by atoms with Gasteiger partial charge in [0.2, 0.25) is 0 Å². The van der Waals surface area contributed by atoms with Gasteiger partial charge in [-0.15, -0.1) is 0 Å². The molecule has 1 amide bonds. The zero-order valence-corrected chi connectivity index (χ0v) is 10.1. The Morgan fingerprint density at radius 2 is 2.00 bits per heavy atom. The number of carbonyl (C=O) groups is 1. The summed E-state index contributed by atoms with van der Waals surface area (Å²) < 4.78 is 5.99. The lowest BCUT2D eigenvalue weighted by Crippen LogP contribution is -2.64. The van der Waals surface area contributed by atoms with Gasteiger partial charge in [-0.25, -0.2) is 0 Å². The largest absolute Gasteiger partial charge is 0.339 e. The monoisotopic (exact) mass is 244 g/mol. The molecule has 3 fully saturated rings. The minimum Gasteiger partial charge on any atom is -0.339 e. The molecule has 0 unspecified atom stereocenters. The molecule has 0 aromatic heterocycles. The van der Waals surface area contributed by atoms with Crippen molar-refractivity contribution in [1.29, 1.82) is 0 Å². The van der Waals surface area contributed by atoms with Crippen molar-refractivity contribution >= 4 is 5.91 Å². The summed E-state index contributed by atoms with van der Waals surface area (Å²) in [5.41, 5.74) is 0.680. The Kier molecular flexibility index (Phi) is 2.08. The molecule has 3 aliphatic heterocycles. The molecule has 94 valence electrons. The molecule has 0 radical (unpaired) electrons. The van der Waals surface area contributed by atoms with E-state index in [0.29, 0.717) is 13.1 Å². The van der Waals surface area contributed by atoms with Crippen LogP contribution in [0.5, 0.6) is 0 Å². The summed E-state index contributed by atoms with van der Waals surface area (Å²) in [5, 5.41) is 3.15. The maximum Gasteiger partial charge on any atom is 0.260 e. The number of nitrogens with one attached hydrogen (secondary N) is 1. The van der Waals surface area contributed by atoms with Crippen LogP contribution < -0.4 is 5.32 Å². The Morgan fingerprint density at radius 3 is 2.67 bits per heavy atom. The smallest absolute Gasteiger partial charge is 0.260 e. The molecule has 3 saturated heterocycles. The van der Waals surface area contributed by atoms with Gasteiger partial charge < -0.3 is 15.0 Å². The van der Waals surface area contributed by atoms with Crippen molar-refractivity contribution in [3.63, 3.8) is 0 Å². The molecule has 18 heavy (non-hydrogen) atoms. The first kappa shape index (κ1) is 10.5. The first-order valence-corrected chi connectivity index (χ1v) is 6.56. The van der Waals surface area contributed by atoms with E-state index in [4.69, 9.17) is 4.74 Å². The van der Waals surface area contributed by atoms with Crippen molar-refractivity contribution in [3.05, 3.63) is 35.9 Å². The normalized spacial score (nSPS) is 32.7. The quantitative estimate of drug-likeness (QED) is 0.803. The minimum atomic E-state index is -0.544. The molecule has 0 aliphatic carbocycles. The lowest BCUT2D eigenvalue weighted by Gasteiger charge is -2.36. The standard InChI is InChI=1S/C14H16N2O2/c17-13-14(8-15-9-14)18-12-7-6-11(16(12)13)10-4-2-1-3-5-10/h1-5,11-12,15H,6-9H2/t11-,12+/m0/s1. The first-order valence-electron chi connectivity index (χ1n) is 6.56. The van der Waals surface area contributed by atoms with Crippen LogP contribution in [0.25, 0.3) is 0 Å². The zero-order valence-electron chi connectivity index (χ0n) is 10.1. The number of ether oxygens (including phenoxy) is 1.